The van der Waals surface area contributed by atoms with Crippen molar-refractivity contribution < 1.29 is 14.6 Å². The van der Waals surface area contributed by atoms with Gasteiger partial charge in [0.2, 0.25) is 0 Å². The second-order valence-corrected chi connectivity index (χ2v) is 4.77. The molecule has 3 nitrogen and oxygen atoms in total. The number of carboxylic acids is 1. The maximum atomic E-state index is 11.3. The number of hydrogen-bond acceptors (Lipinski definition) is 2. The van der Waals surface area contributed by atoms with Crippen LogP contribution >= 0.6 is 0 Å². The summed E-state index contributed by atoms with van der Waals surface area (Å²) in [5.41, 5.74) is -0.0779. The fourth-order valence-corrected chi connectivity index (χ4v) is 1.77. The molecule has 0 spiro atoms. The summed E-state index contributed by atoms with van der Waals surface area (Å²) in [5.74, 6) is -0.880. The summed E-state index contributed by atoms with van der Waals surface area (Å²) >= 11 is 0. The number of benzene rings is 1. The minimum absolute atomic E-state index is 0.343. The molecule has 100 valence electrons. The van der Waals surface area contributed by atoms with Gasteiger partial charge in [-0.1, -0.05) is 50.1 Å². The Morgan fingerprint density at radius 2 is 1.94 bits per heavy atom. The lowest BCUT2D eigenvalue weighted by Crippen LogP contribution is -2.38. The molecule has 0 heterocycles. The molecule has 1 N–H and O–H groups in total. The Morgan fingerprint density at radius 3 is 2.50 bits per heavy atom. The highest BCUT2D eigenvalue weighted by atomic mass is 16.5. The van der Waals surface area contributed by atoms with E-state index in [0.29, 0.717) is 13.0 Å². The zero-order valence-electron chi connectivity index (χ0n) is 11.2. The molecule has 0 bridgehead atoms. The van der Waals surface area contributed by atoms with Gasteiger partial charge in [-0.3, -0.25) is 0 Å². The molecule has 18 heavy (non-hydrogen) atoms. The van der Waals surface area contributed by atoms with E-state index >= 15 is 0 Å². The average Bonchev–Trinajstić information content (AvgIpc) is 2.38. The van der Waals surface area contributed by atoms with Gasteiger partial charge in [0, 0.05) is 0 Å². The second kappa shape index (κ2) is 7.17. The van der Waals surface area contributed by atoms with E-state index in [-0.39, 0.29) is 0 Å². The number of rotatable bonds is 8. The molecule has 0 aliphatic heterocycles. The zero-order valence-corrected chi connectivity index (χ0v) is 11.2. The molecule has 0 aromatic heterocycles. The number of ether oxygens (including phenoxy) is 1. The van der Waals surface area contributed by atoms with Crippen molar-refractivity contribution in [1.29, 1.82) is 0 Å². The number of carbonyl (C=O) groups is 1. The molecule has 0 radical (unpaired) electrons. The first-order valence-corrected chi connectivity index (χ1v) is 6.50. The number of hydrogen-bond donors (Lipinski definition) is 1. The number of carboxylic acid groups (broad SMARTS) is 1. The van der Waals surface area contributed by atoms with Gasteiger partial charge in [-0.25, -0.2) is 4.79 Å². The summed E-state index contributed by atoms with van der Waals surface area (Å²) in [6, 6.07) is 9.66. The first-order chi connectivity index (χ1) is 8.58. The third kappa shape index (κ3) is 4.49. The van der Waals surface area contributed by atoms with Crippen molar-refractivity contribution in [3.05, 3.63) is 35.9 Å². The summed E-state index contributed by atoms with van der Waals surface area (Å²) in [6.07, 6.45) is 3.56. The molecule has 3 heteroatoms. The molecule has 0 amide bonds. The van der Waals surface area contributed by atoms with Gasteiger partial charge in [-0.2, -0.15) is 0 Å². The zero-order chi connectivity index (χ0) is 13.4. The molecule has 1 atom stereocenters. The van der Waals surface area contributed by atoms with Crippen LogP contribution in [-0.4, -0.2) is 16.7 Å². The van der Waals surface area contributed by atoms with Crippen LogP contribution in [-0.2, 0) is 16.1 Å². The Balaban J connectivity index is 2.54. The molecule has 0 saturated heterocycles. The Kier molecular flexibility index (Phi) is 5.86. The van der Waals surface area contributed by atoms with Crippen molar-refractivity contribution in [1.82, 2.24) is 0 Å². The van der Waals surface area contributed by atoms with Crippen molar-refractivity contribution in [3.63, 3.8) is 0 Å². The van der Waals surface area contributed by atoms with Crippen molar-refractivity contribution in [3.8, 4) is 0 Å². The molecule has 0 aliphatic rings. The van der Waals surface area contributed by atoms with Gasteiger partial charge in [0.05, 0.1) is 6.61 Å². The normalized spacial score (nSPS) is 14.1. The van der Waals surface area contributed by atoms with Crippen LogP contribution < -0.4 is 0 Å². The van der Waals surface area contributed by atoms with E-state index < -0.39 is 11.6 Å². The smallest absolute Gasteiger partial charge is 0.335 e. The SMILES string of the molecule is CCCCC[C@@](C)(OCc1ccccc1)C(=O)O. The molecule has 0 fully saturated rings. The van der Waals surface area contributed by atoms with Crippen LogP contribution in [0.25, 0.3) is 0 Å². The maximum absolute atomic E-state index is 11.3. The van der Waals surface area contributed by atoms with Crippen LogP contribution in [0.4, 0.5) is 0 Å². The van der Waals surface area contributed by atoms with Gasteiger partial charge in [-0.15, -0.1) is 0 Å². The van der Waals surface area contributed by atoms with Crippen molar-refractivity contribution in [2.24, 2.45) is 0 Å². The predicted octanol–water partition coefficient (Wildman–Crippen LogP) is 3.63. The van der Waals surface area contributed by atoms with Gasteiger partial charge in [0.1, 0.15) is 0 Å². The predicted molar refractivity (Wildman–Crippen MR) is 71.4 cm³/mol. The summed E-state index contributed by atoms with van der Waals surface area (Å²) in [6.45, 7) is 4.10. The van der Waals surface area contributed by atoms with Gasteiger partial charge >= 0.3 is 5.97 Å². The van der Waals surface area contributed by atoms with Crippen LogP contribution in [0.1, 0.15) is 45.1 Å². The Morgan fingerprint density at radius 1 is 1.28 bits per heavy atom. The quantitative estimate of drug-likeness (QED) is 0.717. The minimum Gasteiger partial charge on any atom is -0.479 e. The first-order valence-electron chi connectivity index (χ1n) is 6.50. The van der Waals surface area contributed by atoms with Gasteiger partial charge in [0.25, 0.3) is 0 Å². The topological polar surface area (TPSA) is 46.5 Å². The summed E-state index contributed by atoms with van der Waals surface area (Å²) in [4.78, 5) is 11.3. The van der Waals surface area contributed by atoms with Crippen LogP contribution in [0.15, 0.2) is 30.3 Å². The van der Waals surface area contributed by atoms with E-state index in [1.807, 2.05) is 30.3 Å². The summed E-state index contributed by atoms with van der Waals surface area (Å²) in [7, 11) is 0. The summed E-state index contributed by atoms with van der Waals surface area (Å²) < 4.78 is 5.62. The van der Waals surface area contributed by atoms with Crippen LogP contribution in [0.5, 0.6) is 0 Å². The van der Waals surface area contributed by atoms with E-state index in [4.69, 9.17) is 4.74 Å². The number of unbranched alkanes of at least 4 members (excludes halogenated alkanes) is 2. The molecule has 0 saturated carbocycles. The molecule has 1 aromatic rings. The standard InChI is InChI=1S/C15H22O3/c1-3-4-8-11-15(2,14(16)17)18-12-13-9-6-5-7-10-13/h5-7,9-10H,3-4,8,11-12H2,1-2H3,(H,16,17)/t15-/m1/s1. The largest absolute Gasteiger partial charge is 0.479 e. The van der Waals surface area contributed by atoms with E-state index in [2.05, 4.69) is 6.92 Å². The monoisotopic (exact) mass is 250 g/mol. The molecule has 0 aliphatic carbocycles. The van der Waals surface area contributed by atoms with Crippen molar-refractivity contribution in [2.75, 3.05) is 0 Å². The highest BCUT2D eigenvalue weighted by molar-refractivity contribution is 5.76. The fraction of sp³-hybridized carbons (Fsp3) is 0.533. The highest BCUT2D eigenvalue weighted by Gasteiger charge is 2.33. The molecular weight excluding hydrogens is 228 g/mol. The van der Waals surface area contributed by atoms with E-state index in [1.54, 1.807) is 6.92 Å². The fourth-order valence-electron chi connectivity index (χ4n) is 1.77. The number of aliphatic carboxylic acids is 1. The third-order valence-corrected chi connectivity index (χ3v) is 3.11. The van der Waals surface area contributed by atoms with Gasteiger partial charge in [0.15, 0.2) is 5.60 Å². The van der Waals surface area contributed by atoms with Crippen LogP contribution in [0.3, 0.4) is 0 Å². The van der Waals surface area contributed by atoms with Crippen LogP contribution in [0.2, 0.25) is 0 Å². The summed E-state index contributed by atoms with van der Waals surface area (Å²) in [5, 5.41) is 9.28. The van der Waals surface area contributed by atoms with E-state index in [0.717, 1.165) is 24.8 Å². The maximum Gasteiger partial charge on any atom is 0.335 e. The van der Waals surface area contributed by atoms with E-state index in [9.17, 15) is 9.90 Å². The Bertz CT molecular complexity index is 361. The van der Waals surface area contributed by atoms with Crippen molar-refractivity contribution >= 4 is 5.97 Å². The Labute approximate surface area is 109 Å². The van der Waals surface area contributed by atoms with Crippen molar-refractivity contribution in [2.45, 2.75) is 51.7 Å². The lowest BCUT2D eigenvalue weighted by atomic mass is 9.98. The molecule has 0 unspecified atom stereocenters. The van der Waals surface area contributed by atoms with Gasteiger partial charge < -0.3 is 9.84 Å². The Hall–Kier alpha value is -1.35. The third-order valence-electron chi connectivity index (χ3n) is 3.11. The average molecular weight is 250 g/mol. The highest BCUT2D eigenvalue weighted by Crippen LogP contribution is 2.21. The second-order valence-electron chi connectivity index (χ2n) is 4.77. The van der Waals surface area contributed by atoms with Gasteiger partial charge in [-0.05, 0) is 25.3 Å². The lowest BCUT2D eigenvalue weighted by molar-refractivity contribution is -0.166. The van der Waals surface area contributed by atoms with E-state index in [1.165, 1.54) is 0 Å². The lowest BCUT2D eigenvalue weighted by Gasteiger charge is -2.25. The van der Waals surface area contributed by atoms with Crippen LogP contribution in [0, 0.1) is 0 Å². The minimum atomic E-state index is -1.08. The first kappa shape index (κ1) is 14.7. The molecule has 1 aromatic carbocycles. The molecule has 1 rings (SSSR count). The molecular formula is C15H22O3.